The second-order valence-electron chi connectivity index (χ2n) is 9.43. The van der Waals surface area contributed by atoms with Crippen molar-refractivity contribution in [3.05, 3.63) is 0 Å². The van der Waals surface area contributed by atoms with Gasteiger partial charge in [-0.3, -0.25) is 4.79 Å². The predicted octanol–water partition coefficient (Wildman–Crippen LogP) is 5.18. The van der Waals surface area contributed by atoms with Crippen molar-refractivity contribution in [1.29, 1.82) is 0 Å². The quantitative estimate of drug-likeness (QED) is 0.633. The van der Waals surface area contributed by atoms with Crippen LogP contribution in [-0.4, -0.2) is 23.7 Å². The number of nitrogens with one attached hydrogen (secondary N) is 1. The lowest BCUT2D eigenvalue weighted by molar-refractivity contribution is -0.123. The van der Waals surface area contributed by atoms with Gasteiger partial charge < -0.3 is 10.1 Å². The van der Waals surface area contributed by atoms with E-state index in [0.717, 1.165) is 12.8 Å². The summed E-state index contributed by atoms with van der Waals surface area (Å²) in [6.45, 7) is 21.7. The fourth-order valence-corrected chi connectivity index (χ4v) is 3.10. The van der Waals surface area contributed by atoms with Crippen LogP contribution in [0.1, 0.15) is 88.5 Å². The van der Waals surface area contributed by atoms with Gasteiger partial charge in [0.25, 0.3) is 0 Å². The van der Waals surface area contributed by atoms with E-state index >= 15 is 0 Å². The molecule has 0 rings (SSSR count). The number of hydrogen-bond acceptors (Lipinski definition) is 2. The summed E-state index contributed by atoms with van der Waals surface area (Å²) >= 11 is 0. The topological polar surface area (TPSA) is 38.3 Å². The molecule has 3 nitrogen and oxygen atoms in total. The molecule has 0 aromatic carbocycles. The van der Waals surface area contributed by atoms with Crippen LogP contribution in [0, 0.1) is 17.3 Å². The van der Waals surface area contributed by atoms with Gasteiger partial charge in [-0.1, -0.05) is 34.6 Å². The van der Waals surface area contributed by atoms with E-state index in [0.29, 0.717) is 23.7 Å². The molecule has 0 radical (unpaired) electrons. The van der Waals surface area contributed by atoms with Crippen molar-refractivity contribution in [3.63, 3.8) is 0 Å². The van der Waals surface area contributed by atoms with Gasteiger partial charge in [0, 0.05) is 12.5 Å². The van der Waals surface area contributed by atoms with Crippen LogP contribution in [0.4, 0.5) is 0 Å². The molecule has 3 atom stereocenters. The molecule has 0 aromatic heterocycles. The summed E-state index contributed by atoms with van der Waals surface area (Å²) in [7, 11) is 0. The third-order valence-electron chi connectivity index (χ3n) is 4.51. The molecule has 0 fully saturated rings. The van der Waals surface area contributed by atoms with Crippen molar-refractivity contribution >= 4 is 5.91 Å². The Balaban J connectivity index is 4.38. The van der Waals surface area contributed by atoms with Crippen molar-refractivity contribution in [3.8, 4) is 0 Å². The number of amides is 1. The molecule has 0 spiro atoms. The first-order valence-electron chi connectivity index (χ1n) is 9.20. The van der Waals surface area contributed by atoms with Gasteiger partial charge in [-0.25, -0.2) is 0 Å². The van der Waals surface area contributed by atoms with Gasteiger partial charge in [-0.15, -0.1) is 0 Å². The van der Waals surface area contributed by atoms with Crippen LogP contribution in [-0.2, 0) is 9.53 Å². The van der Waals surface area contributed by atoms with Crippen molar-refractivity contribution in [2.75, 3.05) is 0 Å². The normalized spacial score (nSPS) is 17.0. The Labute approximate surface area is 144 Å². The highest BCUT2D eigenvalue weighted by molar-refractivity contribution is 5.76. The van der Waals surface area contributed by atoms with Gasteiger partial charge in [0.2, 0.25) is 5.91 Å². The van der Waals surface area contributed by atoms with Gasteiger partial charge in [0.1, 0.15) is 0 Å². The second kappa shape index (κ2) is 9.05. The minimum absolute atomic E-state index is 0.137. The average Bonchev–Trinajstić information content (AvgIpc) is 2.22. The maximum absolute atomic E-state index is 11.9. The lowest BCUT2D eigenvalue weighted by Gasteiger charge is -2.35. The van der Waals surface area contributed by atoms with Crippen molar-refractivity contribution in [2.24, 2.45) is 17.3 Å². The lowest BCUT2D eigenvalue weighted by atomic mass is 9.79. The first-order valence-corrected chi connectivity index (χ1v) is 9.20. The zero-order valence-corrected chi connectivity index (χ0v) is 17.2. The molecule has 1 N–H and O–H groups in total. The maximum atomic E-state index is 11.9. The molecule has 0 saturated heterocycles. The summed E-state index contributed by atoms with van der Waals surface area (Å²) in [5.41, 5.74) is 0.110. The van der Waals surface area contributed by atoms with Crippen LogP contribution >= 0.6 is 0 Å². The maximum Gasteiger partial charge on any atom is 0.220 e. The smallest absolute Gasteiger partial charge is 0.220 e. The lowest BCUT2D eigenvalue weighted by Crippen LogP contribution is -2.35. The largest absolute Gasteiger partial charge is 0.373 e. The molecule has 0 heterocycles. The Hall–Kier alpha value is -0.570. The summed E-state index contributed by atoms with van der Waals surface area (Å²) in [4.78, 5) is 11.9. The molecule has 3 heteroatoms. The summed E-state index contributed by atoms with van der Waals surface area (Å²) in [6.07, 6.45) is 2.76. The first-order chi connectivity index (χ1) is 10.2. The van der Waals surface area contributed by atoms with Gasteiger partial charge in [0.05, 0.1) is 11.7 Å². The summed E-state index contributed by atoms with van der Waals surface area (Å²) in [5, 5.41) is 2.96. The highest BCUT2D eigenvalue weighted by atomic mass is 16.5. The van der Waals surface area contributed by atoms with E-state index in [1.165, 1.54) is 0 Å². The molecule has 23 heavy (non-hydrogen) atoms. The SMILES string of the molecule is CC(CC(=O)NC(C)C)CC(C)(C)OC(C)CC(C)C(C)(C)C. The van der Waals surface area contributed by atoms with E-state index in [-0.39, 0.29) is 23.7 Å². The van der Waals surface area contributed by atoms with E-state index in [1.807, 2.05) is 13.8 Å². The number of carbonyl (C=O) groups excluding carboxylic acids is 1. The third kappa shape index (κ3) is 10.8. The molecule has 0 aliphatic carbocycles. The van der Waals surface area contributed by atoms with Gasteiger partial charge in [-0.2, -0.15) is 0 Å². The van der Waals surface area contributed by atoms with Crippen LogP contribution < -0.4 is 5.32 Å². The monoisotopic (exact) mass is 327 g/mol. The standard InChI is InChI=1S/C20H41NO2/c1-14(2)21-18(22)11-15(3)13-20(9,10)23-17(5)12-16(4)19(6,7)8/h14-17H,11-13H2,1-10H3,(H,21,22). The minimum Gasteiger partial charge on any atom is -0.373 e. The van der Waals surface area contributed by atoms with E-state index in [2.05, 4.69) is 60.7 Å². The molecule has 138 valence electrons. The summed E-state index contributed by atoms with van der Waals surface area (Å²) in [6, 6.07) is 0.206. The van der Waals surface area contributed by atoms with Gasteiger partial charge in [0.15, 0.2) is 0 Å². The Bertz CT molecular complexity index is 355. The molecule has 0 saturated carbocycles. The van der Waals surface area contributed by atoms with E-state index in [4.69, 9.17) is 4.74 Å². The molecule has 0 bridgehead atoms. The number of ether oxygens (including phenoxy) is 1. The van der Waals surface area contributed by atoms with Crippen molar-refractivity contribution in [1.82, 2.24) is 5.32 Å². The molecule has 0 aromatic rings. The predicted molar refractivity (Wildman–Crippen MR) is 99.5 cm³/mol. The summed E-state index contributed by atoms with van der Waals surface area (Å²) < 4.78 is 6.31. The Morgan fingerprint density at radius 3 is 1.96 bits per heavy atom. The molecule has 0 aliphatic heterocycles. The zero-order chi connectivity index (χ0) is 18.4. The van der Waals surface area contributed by atoms with Crippen LogP contribution in [0.15, 0.2) is 0 Å². The Kier molecular flexibility index (Phi) is 8.83. The van der Waals surface area contributed by atoms with Crippen molar-refractivity contribution in [2.45, 2.75) is 106 Å². The second-order valence-corrected chi connectivity index (χ2v) is 9.43. The Morgan fingerprint density at radius 1 is 1.00 bits per heavy atom. The fraction of sp³-hybridized carbons (Fsp3) is 0.950. The van der Waals surface area contributed by atoms with E-state index in [9.17, 15) is 4.79 Å². The van der Waals surface area contributed by atoms with Gasteiger partial charge in [-0.05, 0) is 64.7 Å². The summed E-state index contributed by atoms with van der Waals surface area (Å²) in [5.74, 6) is 1.07. The average molecular weight is 328 g/mol. The van der Waals surface area contributed by atoms with Crippen LogP contribution in [0.25, 0.3) is 0 Å². The van der Waals surface area contributed by atoms with Crippen LogP contribution in [0.3, 0.4) is 0 Å². The molecule has 1 amide bonds. The molecular weight excluding hydrogens is 286 g/mol. The third-order valence-corrected chi connectivity index (χ3v) is 4.51. The number of rotatable bonds is 9. The van der Waals surface area contributed by atoms with Crippen molar-refractivity contribution < 1.29 is 9.53 Å². The minimum atomic E-state index is -0.200. The highest BCUT2D eigenvalue weighted by Gasteiger charge is 2.28. The van der Waals surface area contributed by atoms with E-state index in [1.54, 1.807) is 0 Å². The van der Waals surface area contributed by atoms with Crippen LogP contribution in [0.2, 0.25) is 0 Å². The molecule has 3 unspecified atom stereocenters. The van der Waals surface area contributed by atoms with Gasteiger partial charge >= 0.3 is 0 Å². The number of carbonyl (C=O) groups is 1. The number of hydrogen-bond donors (Lipinski definition) is 1. The zero-order valence-electron chi connectivity index (χ0n) is 17.2. The molecular formula is C20H41NO2. The van der Waals surface area contributed by atoms with E-state index < -0.39 is 0 Å². The van der Waals surface area contributed by atoms with Crippen LogP contribution in [0.5, 0.6) is 0 Å². The highest BCUT2D eigenvalue weighted by Crippen LogP contribution is 2.32. The Morgan fingerprint density at radius 2 is 1.52 bits per heavy atom. The molecule has 0 aliphatic rings. The fourth-order valence-electron chi connectivity index (χ4n) is 3.10. The first kappa shape index (κ1) is 22.4.